The van der Waals surface area contributed by atoms with Crippen molar-refractivity contribution in [3.63, 3.8) is 0 Å². The van der Waals surface area contributed by atoms with Gasteiger partial charge in [0.1, 0.15) is 10.4 Å². The van der Waals surface area contributed by atoms with Gasteiger partial charge in [-0.2, -0.15) is 0 Å². The number of nitrogens with zero attached hydrogens (tertiary/aromatic N) is 3. The summed E-state index contributed by atoms with van der Waals surface area (Å²) in [7, 11) is 0. The Kier molecular flexibility index (Phi) is 3.10. The zero-order valence-corrected chi connectivity index (χ0v) is 10.2. The van der Waals surface area contributed by atoms with Crippen LogP contribution in [-0.4, -0.2) is 43.6 Å². The van der Waals surface area contributed by atoms with Gasteiger partial charge in [0.15, 0.2) is 0 Å². The molecule has 0 spiro atoms. The number of amides is 1. The molecule has 1 aromatic heterocycles. The van der Waals surface area contributed by atoms with Crippen LogP contribution < -0.4 is 0 Å². The normalized spacial score (nSPS) is 24.6. The van der Waals surface area contributed by atoms with Crippen molar-refractivity contribution in [2.75, 3.05) is 6.54 Å². The van der Waals surface area contributed by atoms with Gasteiger partial charge < -0.3 is 10.0 Å². The van der Waals surface area contributed by atoms with Gasteiger partial charge in [-0.15, -0.1) is 5.10 Å². The van der Waals surface area contributed by atoms with Crippen LogP contribution in [0.3, 0.4) is 0 Å². The van der Waals surface area contributed by atoms with E-state index in [-0.39, 0.29) is 5.91 Å². The molecule has 0 aliphatic carbocycles. The van der Waals surface area contributed by atoms with Crippen molar-refractivity contribution in [3.8, 4) is 0 Å². The number of rotatable bonds is 2. The number of carbonyl (C=O) groups is 2. The third kappa shape index (κ3) is 2.02. The molecule has 1 aliphatic heterocycles. The smallest absolute Gasteiger partial charge is 0.329 e. The molecule has 6 nitrogen and oxygen atoms in total. The van der Waals surface area contributed by atoms with Crippen molar-refractivity contribution in [1.29, 1.82) is 0 Å². The molecule has 17 heavy (non-hydrogen) atoms. The monoisotopic (exact) mass is 255 g/mol. The maximum Gasteiger partial charge on any atom is 0.329 e. The maximum atomic E-state index is 12.2. The number of hydrogen-bond donors (Lipinski definition) is 1. The molecule has 0 saturated carbocycles. The minimum atomic E-state index is -1.11. The average Bonchev–Trinajstić information content (AvgIpc) is 2.82. The van der Waals surface area contributed by atoms with Crippen molar-refractivity contribution in [3.05, 3.63) is 11.1 Å². The lowest BCUT2D eigenvalue weighted by atomic mass is 9.88. The zero-order valence-electron chi connectivity index (χ0n) is 9.42. The Morgan fingerprint density at radius 3 is 2.88 bits per heavy atom. The SMILES string of the molecule is CC1(C(=O)O)CCCCN1C(=O)c1cnns1. The predicted molar refractivity (Wildman–Crippen MR) is 60.8 cm³/mol. The van der Waals surface area contributed by atoms with Gasteiger partial charge >= 0.3 is 5.97 Å². The van der Waals surface area contributed by atoms with Gasteiger partial charge in [-0.25, -0.2) is 4.79 Å². The molecule has 1 N–H and O–H groups in total. The predicted octanol–water partition coefficient (Wildman–Crippen LogP) is 1.01. The largest absolute Gasteiger partial charge is 0.480 e. The van der Waals surface area contributed by atoms with Crippen molar-refractivity contribution < 1.29 is 14.7 Å². The van der Waals surface area contributed by atoms with Gasteiger partial charge in [0, 0.05) is 6.54 Å². The molecule has 1 amide bonds. The first-order chi connectivity index (χ1) is 8.05. The summed E-state index contributed by atoms with van der Waals surface area (Å²) in [6, 6.07) is 0. The Balaban J connectivity index is 2.29. The van der Waals surface area contributed by atoms with Gasteiger partial charge in [0.25, 0.3) is 5.91 Å². The van der Waals surface area contributed by atoms with E-state index in [0.717, 1.165) is 24.4 Å². The fourth-order valence-electron chi connectivity index (χ4n) is 2.06. The van der Waals surface area contributed by atoms with Gasteiger partial charge in [-0.3, -0.25) is 4.79 Å². The topological polar surface area (TPSA) is 83.4 Å². The third-order valence-electron chi connectivity index (χ3n) is 3.17. The summed E-state index contributed by atoms with van der Waals surface area (Å²) in [4.78, 5) is 25.3. The molecule has 92 valence electrons. The second-order valence-electron chi connectivity index (χ2n) is 4.27. The lowest BCUT2D eigenvalue weighted by molar-refractivity contribution is -0.150. The van der Waals surface area contributed by atoms with Crippen molar-refractivity contribution in [1.82, 2.24) is 14.5 Å². The molecule has 2 rings (SSSR count). The van der Waals surface area contributed by atoms with Crippen LogP contribution in [0.2, 0.25) is 0 Å². The van der Waals surface area contributed by atoms with Gasteiger partial charge in [0.05, 0.1) is 6.20 Å². The number of carboxylic acid groups (broad SMARTS) is 1. The summed E-state index contributed by atoms with van der Waals surface area (Å²) in [5.74, 6) is -1.24. The molecule has 1 atom stereocenters. The van der Waals surface area contributed by atoms with Crippen molar-refractivity contribution in [2.24, 2.45) is 0 Å². The summed E-state index contributed by atoms with van der Waals surface area (Å²) in [5, 5.41) is 12.9. The van der Waals surface area contributed by atoms with E-state index in [2.05, 4.69) is 9.59 Å². The van der Waals surface area contributed by atoms with E-state index in [1.165, 1.54) is 11.1 Å². The van der Waals surface area contributed by atoms with Crippen LogP contribution in [0.25, 0.3) is 0 Å². The highest BCUT2D eigenvalue weighted by Crippen LogP contribution is 2.30. The van der Waals surface area contributed by atoms with Gasteiger partial charge in [-0.05, 0) is 37.7 Å². The van der Waals surface area contributed by atoms with Crippen molar-refractivity contribution in [2.45, 2.75) is 31.7 Å². The lowest BCUT2D eigenvalue weighted by Crippen LogP contribution is -2.57. The molecule has 1 unspecified atom stereocenters. The number of piperidine rings is 1. The van der Waals surface area contributed by atoms with Crippen LogP contribution in [0.5, 0.6) is 0 Å². The van der Waals surface area contributed by atoms with Crippen molar-refractivity contribution >= 4 is 23.4 Å². The van der Waals surface area contributed by atoms with Crippen LogP contribution in [-0.2, 0) is 4.79 Å². The summed E-state index contributed by atoms with van der Waals surface area (Å²) in [6.07, 6.45) is 3.53. The van der Waals surface area contributed by atoms with Crippen LogP contribution >= 0.6 is 11.5 Å². The van der Waals surface area contributed by atoms with Crippen LogP contribution in [0.4, 0.5) is 0 Å². The number of carboxylic acids is 1. The standard InChI is InChI=1S/C10H13N3O3S/c1-10(9(15)16)4-2-3-5-13(10)8(14)7-6-11-12-17-7/h6H,2-5H2,1H3,(H,15,16). The Labute approximate surface area is 102 Å². The molecule has 0 aromatic carbocycles. The molecular formula is C10H13N3O3S. The minimum absolute atomic E-state index is 0.287. The Morgan fingerprint density at radius 1 is 1.53 bits per heavy atom. The molecule has 1 aliphatic rings. The molecule has 1 saturated heterocycles. The fourth-order valence-corrected chi connectivity index (χ4v) is 2.53. The number of aromatic nitrogens is 2. The number of carbonyl (C=O) groups excluding carboxylic acids is 1. The molecule has 0 radical (unpaired) electrons. The second-order valence-corrected chi connectivity index (χ2v) is 5.06. The molecule has 2 heterocycles. The fraction of sp³-hybridized carbons (Fsp3) is 0.600. The second kappa shape index (κ2) is 4.40. The molecule has 1 aromatic rings. The van der Waals surface area contributed by atoms with Crippen LogP contribution in [0.15, 0.2) is 6.20 Å². The van der Waals surface area contributed by atoms with E-state index in [4.69, 9.17) is 0 Å². The number of likely N-dealkylation sites (tertiary alicyclic amines) is 1. The van der Waals surface area contributed by atoms with Gasteiger partial charge in [0.2, 0.25) is 0 Å². The molecular weight excluding hydrogens is 242 g/mol. The lowest BCUT2D eigenvalue weighted by Gasteiger charge is -2.41. The molecule has 7 heteroatoms. The van der Waals surface area contributed by atoms with Crippen LogP contribution in [0.1, 0.15) is 35.9 Å². The number of hydrogen-bond acceptors (Lipinski definition) is 5. The summed E-state index contributed by atoms with van der Waals surface area (Å²) in [6.45, 7) is 2.07. The van der Waals surface area contributed by atoms with Crippen LogP contribution in [0, 0.1) is 0 Å². The highest BCUT2D eigenvalue weighted by Gasteiger charge is 2.44. The highest BCUT2D eigenvalue weighted by atomic mass is 32.1. The van der Waals surface area contributed by atoms with E-state index in [9.17, 15) is 14.7 Å². The number of aliphatic carboxylic acids is 1. The first-order valence-corrected chi connectivity index (χ1v) is 6.16. The zero-order chi connectivity index (χ0) is 12.5. The van der Waals surface area contributed by atoms with E-state index >= 15 is 0 Å². The quantitative estimate of drug-likeness (QED) is 0.852. The first-order valence-electron chi connectivity index (χ1n) is 5.38. The Morgan fingerprint density at radius 2 is 2.29 bits per heavy atom. The van der Waals surface area contributed by atoms with E-state index < -0.39 is 11.5 Å². The third-order valence-corrected chi connectivity index (χ3v) is 3.82. The minimum Gasteiger partial charge on any atom is -0.480 e. The first kappa shape index (κ1) is 12.0. The summed E-state index contributed by atoms with van der Waals surface area (Å²) in [5.41, 5.74) is -1.11. The Bertz CT molecular complexity index is 434. The highest BCUT2D eigenvalue weighted by molar-refractivity contribution is 7.07. The maximum absolute atomic E-state index is 12.2. The Hall–Kier alpha value is -1.50. The molecule has 1 fully saturated rings. The summed E-state index contributed by atoms with van der Waals surface area (Å²) < 4.78 is 3.63. The summed E-state index contributed by atoms with van der Waals surface area (Å²) >= 11 is 0.992. The van der Waals surface area contributed by atoms with E-state index in [0.29, 0.717) is 17.8 Å². The molecule has 0 bridgehead atoms. The van der Waals surface area contributed by atoms with Gasteiger partial charge in [-0.1, -0.05) is 4.49 Å². The van der Waals surface area contributed by atoms with E-state index in [1.807, 2.05) is 0 Å². The van der Waals surface area contributed by atoms with E-state index in [1.54, 1.807) is 6.92 Å². The average molecular weight is 255 g/mol.